The summed E-state index contributed by atoms with van der Waals surface area (Å²) in [4.78, 5) is 20.0. The smallest absolute Gasteiger partial charge is 0.254 e. The Morgan fingerprint density at radius 2 is 2.26 bits per heavy atom. The number of anilines is 3. The molecule has 2 aromatic rings. The van der Waals surface area contributed by atoms with Gasteiger partial charge in [-0.2, -0.15) is 10.1 Å². The number of aromatic nitrogens is 4. The van der Waals surface area contributed by atoms with Gasteiger partial charge in [0, 0.05) is 25.5 Å². The molecule has 0 spiro atoms. The molecule has 2 heterocycles. The highest BCUT2D eigenvalue weighted by atomic mass is 16.1. The average Bonchev–Trinajstić information content (AvgIpc) is 3.25. The third-order valence-corrected chi connectivity index (χ3v) is 3.81. The molecule has 0 aliphatic heterocycles. The lowest BCUT2D eigenvalue weighted by molar-refractivity contribution is 0.100. The fraction of sp³-hybridized carbons (Fsp3) is 0.467. The molecule has 0 radical (unpaired) electrons. The van der Waals surface area contributed by atoms with Crippen LogP contribution in [0.1, 0.15) is 36.5 Å². The molecule has 3 rings (SSSR count). The van der Waals surface area contributed by atoms with Crippen LogP contribution in [-0.4, -0.2) is 32.2 Å². The number of nitrogens with two attached hydrogens (primary N) is 1. The van der Waals surface area contributed by atoms with E-state index in [1.54, 1.807) is 10.9 Å². The highest BCUT2D eigenvalue weighted by Crippen LogP contribution is 2.32. The molecule has 2 aromatic heterocycles. The summed E-state index contributed by atoms with van der Waals surface area (Å²) < 4.78 is 1.80. The van der Waals surface area contributed by atoms with Gasteiger partial charge in [-0.15, -0.1) is 0 Å². The summed E-state index contributed by atoms with van der Waals surface area (Å²) in [5, 5.41) is 10.5. The largest absolute Gasteiger partial charge is 0.369 e. The summed E-state index contributed by atoms with van der Waals surface area (Å²) in [7, 11) is 0. The topological polar surface area (TPSA) is 111 Å². The zero-order chi connectivity index (χ0) is 16.2. The molecule has 1 amide bonds. The molecule has 8 nitrogen and oxygen atoms in total. The monoisotopic (exact) mass is 315 g/mol. The zero-order valence-electron chi connectivity index (χ0n) is 13.1. The van der Waals surface area contributed by atoms with E-state index in [-0.39, 0.29) is 0 Å². The fourth-order valence-electron chi connectivity index (χ4n) is 2.29. The van der Waals surface area contributed by atoms with Crippen molar-refractivity contribution in [1.29, 1.82) is 0 Å². The van der Waals surface area contributed by atoms with E-state index < -0.39 is 5.91 Å². The minimum Gasteiger partial charge on any atom is -0.369 e. The Hall–Kier alpha value is -2.64. The van der Waals surface area contributed by atoms with Crippen LogP contribution < -0.4 is 16.4 Å². The van der Waals surface area contributed by atoms with Crippen LogP contribution in [0.15, 0.2) is 18.6 Å². The van der Waals surface area contributed by atoms with Crippen LogP contribution >= 0.6 is 0 Å². The molecule has 1 fully saturated rings. The van der Waals surface area contributed by atoms with Crippen LogP contribution in [0.5, 0.6) is 0 Å². The highest BCUT2D eigenvalue weighted by Gasteiger charge is 2.21. The maximum absolute atomic E-state index is 11.5. The highest BCUT2D eigenvalue weighted by molar-refractivity contribution is 5.97. The summed E-state index contributed by atoms with van der Waals surface area (Å²) in [5.41, 5.74) is 6.49. The van der Waals surface area contributed by atoms with Gasteiger partial charge in [0.05, 0.1) is 17.4 Å². The van der Waals surface area contributed by atoms with Crippen molar-refractivity contribution in [3.63, 3.8) is 0 Å². The number of nitrogens with zero attached hydrogens (tertiary/aromatic N) is 4. The first-order valence-electron chi connectivity index (χ1n) is 7.86. The van der Waals surface area contributed by atoms with E-state index in [2.05, 4.69) is 25.7 Å². The summed E-state index contributed by atoms with van der Waals surface area (Å²) in [6.45, 7) is 3.57. The number of hydrogen-bond acceptors (Lipinski definition) is 6. The number of hydrogen-bond donors (Lipinski definition) is 3. The van der Waals surface area contributed by atoms with Gasteiger partial charge in [-0.25, -0.2) is 4.98 Å². The van der Waals surface area contributed by atoms with Gasteiger partial charge < -0.3 is 16.4 Å². The Morgan fingerprint density at radius 3 is 2.91 bits per heavy atom. The van der Waals surface area contributed by atoms with E-state index in [9.17, 15) is 4.79 Å². The van der Waals surface area contributed by atoms with Crippen molar-refractivity contribution in [2.24, 2.45) is 11.7 Å². The Balaban J connectivity index is 1.72. The van der Waals surface area contributed by atoms with Crippen LogP contribution in [0.2, 0.25) is 0 Å². The van der Waals surface area contributed by atoms with Gasteiger partial charge >= 0.3 is 0 Å². The summed E-state index contributed by atoms with van der Waals surface area (Å²) >= 11 is 0. The van der Waals surface area contributed by atoms with E-state index >= 15 is 0 Å². The molecule has 0 unspecified atom stereocenters. The first-order valence-corrected chi connectivity index (χ1v) is 7.86. The minimum atomic E-state index is -0.538. The van der Waals surface area contributed by atoms with E-state index in [1.165, 1.54) is 19.0 Å². The summed E-state index contributed by atoms with van der Waals surface area (Å²) in [6, 6.07) is 0. The summed E-state index contributed by atoms with van der Waals surface area (Å²) in [5.74, 6) is 1.14. The number of carbonyl (C=O) groups excluding carboxylic acids is 1. The van der Waals surface area contributed by atoms with Crippen LogP contribution in [0.25, 0.3) is 0 Å². The Morgan fingerprint density at radius 1 is 1.43 bits per heavy atom. The van der Waals surface area contributed by atoms with Crippen LogP contribution in [0.3, 0.4) is 0 Å². The number of primary amides is 1. The molecule has 1 aliphatic rings. The Labute approximate surface area is 134 Å². The number of amides is 1. The third-order valence-electron chi connectivity index (χ3n) is 3.81. The number of rotatable bonds is 8. The van der Waals surface area contributed by atoms with Crippen molar-refractivity contribution in [2.75, 3.05) is 17.2 Å². The molecule has 8 heteroatoms. The lowest BCUT2D eigenvalue weighted by Gasteiger charge is -2.10. The molecule has 1 saturated carbocycles. The molecule has 0 atom stereocenters. The van der Waals surface area contributed by atoms with Crippen molar-refractivity contribution in [1.82, 2.24) is 19.7 Å². The quantitative estimate of drug-likeness (QED) is 0.684. The first kappa shape index (κ1) is 15.3. The second-order valence-corrected chi connectivity index (χ2v) is 5.69. The van der Waals surface area contributed by atoms with Crippen molar-refractivity contribution in [2.45, 2.75) is 32.7 Å². The lowest BCUT2D eigenvalue weighted by Crippen LogP contribution is -2.17. The molecule has 122 valence electrons. The van der Waals surface area contributed by atoms with Gasteiger partial charge in [0.15, 0.2) is 0 Å². The van der Waals surface area contributed by atoms with Crippen LogP contribution in [0.4, 0.5) is 17.5 Å². The maximum atomic E-state index is 11.5. The standard InChI is InChI=1S/C15H21N7O/c1-2-22-9-11(7-19-22)20-15-18-8-12(13(16)23)14(21-15)17-6-5-10-3-4-10/h7-10H,2-6H2,1H3,(H2,16,23)(H2,17,18,20,21). The maximum Gasteiger partial charge on any atom is 0.254 e. The fourth-order valence-corrected chi connectivity index (χ4v) is 2.29. The van der Waals surface area contributed by atoms with E-state index in [1.807, 2.05) is 13.1 Å². The zero-order valence-corrected chi connectivity index (χ0v) is 13.1. The SMILES string of the molecule is CCn1cc(Nc2ncc(C(N)=O)c(NCCC3CC3)n2)cn1. The second kappa shape index (κ2) is 6.64. The molecule has 0 bridgehead atoms. The van der Waals surface area contributed by atoms with Crippen molar-refractivity contribution in [3.05, 3.63) is 24.2 Å². The summed E-state index contributed by atoms with van der Waals surface area (Å²) in [6.07, 6.45) is 8.68. The molecular formula is C15H21N7O. The normalized spacial score (nSPS) is 13.8. The van der Waals surface area contributed by atoms with Crippen molar-refractivity contribution >= 4 is 23.4 Å². The van der Waals surface area contributed by atoms with Crippen LogP contribution in [0, 0.1) is 5.92 Å². The van der Waals surface area contributed by atoms with Gasteiger partial charge in [0.2, 0.25) is 5.95 Å². The Bertz CT molecular complexity index is 693. The van der Waals surface area contributed by atoms with Gasteiger partial charge in [-0.1, -0.05) is 12.8 Å². The predicted molar refractivity (Wildman–Crippen MR) is 87.6 cm³/mol. The van der Waals surface area contributed by atoms with E-state index in [4.69, 9.17) is 5.73 Å². The van der Waals surface area contributed by atoms with E-state index in [0.29, 0.717) is 17.3 Å². The first-order chi connectivity index (χ1) is 11.2. The van der Waals surface area contributed by atoms with Gasteiger partial charge in [0.25, 0.3) is 5.91 Å². The third kappa shape index (κ3) is 3.97. The lowest BCUT2D eigenvalue weighted by atomic mass is 10.2. The molecule has 23 heavy (non-hydrogen) atoms. The number of carbonyl (C=O) groups is 1. The van der Waals surface area contributed by atoms with Crippen molar-refractivity contribution < 1.29 is 4.79 Å². The molecule has 0 saturated heterocycles. The van der Waals surface area contributed by atoms with Crippen LogP contribution in [-0.2, 0) is 6.54 Å². The van der Waals surface area contributed by atoms with E-state index in [0.717, 1.165) is 31.1 Å². The molecule has 1 aliphatic carbocycles. The van der Waals surface area contributed by atoms with Gasteiger partial charge in [-0.3, -0.25) is 9.48 Å². The number of aryl methyl sites for hydroxylation is 1. The number of nitrogens with one attached hydrogen (secondary N) is 2. The van der Waals surface area contributed by atoms with Gasteiger partial charge in [0.1, 0.15) is 5.82 Å². The average molecular weight is 315 g/mol. The predicted octanol–water partition coefficient (Wildman–Crippen LogP) is 1.75. The Kier molecular flexibility index (Phi) is 4.40. The minimum absolute atomic E-state index is 0.301. The van der Waals surface area contributed by atoms with Crippen molar-refractivity contribution in [3.8, 4) is 0 Å². The molecular weight excluding hydrogens is 294 g/mol. The molecule has 0 aromatic carbocycles. The molecule has 4 N–H and O–H groups in total. The van der Waals surface area contributed by atoms with Gasteiger partial charge in [-0.05, 0) is 19.3 Å². The second-order valence-electron chi connectivity index (χ2n) is 5.69.